The summed E-state index contributed by atoms with van der Waals surface area (Å²) in [6, 6.07) is 0. The molecular formula is C25H43NO4. The molecule has 5 nitrogen and oxygen atoms in total. The summed E-state index contributed by atoms with van der Waals surface area (Å²) in [6.07, 6.45) is 23.8. The van der Waals surface area contributed by atoms with E-state index in [-0.39, 0.29) is 29.8 Å². The van der Waals surface area contributed by atoms with Crippen molar-refractivity contribution >= 4 is 5.97 Å². The number of ether oxygens (including phenoxy) is 1. The van der Waals surface area contributed by atoms with Crippen molar-refractivity contribution in [3.8, 4) is 0 Å². The van der Waals surface area contributed by atoms with Gasteiger partial charge in [-0.1, -0.05) is 69.1 Å². The van der Waals surface area contributed by atoms with E-state index in [0.717, 1.165) is 44.9 Å². The smallest absolute Gasteiger partial charge is 0.306 e. The highest BCUT2D eigenvalue weighted by molar-refractivity contribution is 5.70. The summed E-state index contributed by atoms with van der Waals surface area (Å²) in [5.74, 6) is -0.572. The second kappa shape index (κ2) is 17.9. The van der Waals surface area contributed by atoms with Gasteiger partial charge in [0.15, 0.2) is 0 Å². The molecular weight excluding hydrogens is 378 g/mol. The van der Waals surface area contributed by atoms with Crippen molar-refractivity contribution in [2.45, 2.75) is 104 Å². The minimum Gasteiger partial charge on any atom is -0.460 e. The SMILES string of the molecule is CC/C=C\C/C=C\C/C=C\CCCCCCCC(CC(=O)OC(C)(C)C)C[N+](=O)[O-]. The van der Waals surface area contributed by atoms with Crippen LogP contribution in [0.2, 0.25) is 0 Å². The molecule has 0 heterocycles. The zero-order chi connectivity index (χ0) is 22.7. The van der Waals surface area contributed by atoms with Gasteiger partial charge >= 0.3 is 5.97 Å². The average molecular weight is 422 g/mol. The van der Waals surface area contributed by atoms with Gasteiger partial charge in [0.25, 0.3) is 0 Å². The van der Waals surface area contributed by atoms with E-state index in [1.807, 2.05) is 20.8 Å². The highest BCUT2D eigenvalue weighted by atomic mass is 16.6. The Labute approximate surface area is 183 Å². The average Bonchev–Trinajstić information content (AvgIpc) is 2.62. The third-order valence-corrected chi connectivity index (χ3v) is 4.55. The number of unbranched alkanes of at least 4 members (excludes halogenated alkanes) is 5. The maximum absolute atomic E-state index is 12.0. The number of nitrogens with zero attached hydrogens (tertiary/aromatic N) is 1. The van der Waals surface area contributed by atoms with Crippen LogP contribution in [0.15, 0.2) is 36.5 Å². The highest BCUT2D eigenvalue weighted by Crippen LogP contribution is 2.18. The Bertz CT molecular complexity index is 544. The van der Waals surface area contributed by atoms with Gasteiger partial charge in [0, 0.05) is 10.8 Å². The summed E-state index contributed by atoms with van der Waals surface area (Å²) in [6.45, 7) is 7.42. The van der Waals surface area contributed by atoms with Crippen LogP contribution in [0.25, 0.3) is 0 Å². The van der Waals surface area contributed by atoms with E-state index in [1.54, 1.807) is 0 Å². The van der Waals surface area contributed by atoms with Crippen molar-refractivity contribution in [1.82, 2.24) is 0 Å². The van der Waals surface area contributed by atoms with Crippen LogP contribution >= 0.6 is 0 Å². The maximum atomic E-state index is 12.0. The lowest BCUT2D eigenvalue weighted by molar-refractivity contribution is -0.488. The molecule has 0 bridgehead atoms. The molecule has 0 aromatic heterocycles. The molecule has 0 fully saturated rings. The molecule has 1 atom stereocenters. The zero-order valence-electron chi connectivity index (χ0n) is 19.6. The van der Waals surface area contributed by atoms with Crippen LogP contribution in [-0.4, -0.2) is 23.0 Å². The van der Waals surface area contributed by atoms with Gasteiger partial charge < -0.3 is 4.74 Å². The Morgan fingerprint density at radius 1 is 0.933 bits per heavy atom. The van der Waals surface area contributed by atoms with E-state index in [1.165, 1.54) is 12.8 Å². The van der Waals surface area contributed by atoms with Crippen molar-refractivity contribution in [3.05, 3.63) is 46.6 Å². The Hall–Kier alpha value is -1.91. The summed E-state index contributed by atoms with van der Waals surface area (Å²) < 4.78 is 5.30. The van der Waals surface area contributed by atoms with E-state index in [0.29, 0.717) is 6.42 Å². The Morgan fingerprint density at radius 2 is 1.50 bits per heavy atom. The number of carbonyl (C=O) groups is 1. The zero-order valence-corrected chi connectivity index (χ0v) is 19.6. The topological polar surface area (TPSA) is 69.4 Å². The van der Waals surface area contributed by atoms with Crippen LogP contribution in [-0.2, 0) is 9.53 Å². The molecule has 0 amide bonds. The molecule has 172 valence electrons. The second-order valence-electron chi connectivity index (χ2n) is 8.81. The van der Waals surface area contributed by atoms with Crippen LogP contribution in [0.5, 0.6) is 0 Å². The van der Waals surface area contributed by atoms with Crippen molar-refractivity contribution in [2.75, 3.05) is 6.54 Å². The van der Waals surface area contributed by atoms with Gasteiger partial charge in [0.05, 0.1) is 6.42 Å². The standard InChI is InChI=1S/C25H43NO4/c1-5-6-7-8-9-10-11-12-13-14-15-16-17-18-19-20-23(22-26(28)29)21-24(27)30-25(2,3)4/h6-7,9-10,12-13,23H,5,8,11,14-22H2,1-4H3/b7-6-,10-9-,13-12-. The third kappa shape index (κ3) is 20.8. The van der Waals surface area contributed by atoms with E-state index in [9.17, 15) is 14.9 Å². The van der Waals surface area contributed by atoms with Gasteiger partial charge in [-0.3, -0.25) is 14.9 Å². The van der Waals surface area contributed by atoms with Crippen molar-refractivity contribution < 1.29 is 14.5 Å². The predicted molar refractivity (Wildman–Crippen MR) is 125 cm³/mol. The number of esters is 1. The van der Waals surface area contributed by atoms with Crippen LogP contribution in [0.1, 0.15) is 98.3 Å². The van der Waals surface area contributed by atoms with E-state index in [2.05, 4.69) is 43.4 Å². The summed E-state index contributed by atoms with van der Waals surface area (Å²) in [7, 11) is 0. The molecule has 0 rings (SSSR count). The molecule has 0 aliphatic carbocycles. The first-order valence-corrected chi connectivity index (χ1v) is 11.5. The first kappa shape index (κ1) is 28.1. The van der Waals surface area contributed by atoms with Crippen LogP contribution in [0.3, 0.4) is 0 Å². The predicted octanol–water partition coefficient (Wildman–Crippen LogP) is 7.20. The Morgan fingerprint density at radius 3 is 2.10 bits per heavy atom. The monoisotopic (exact) mass is 421 g/mol. The molecule has 0 saturated carbocycles. The molecule has 0 aromatic carbocycles. The van der Waals surface area contributed by atoms with Gasteiger partial charge in [-0.15, -0.1) is 0 Å². The van der Waals surface area contributed by atoms with Crippen molar-refractivity contribution in [2.24, 2.45) is 5.92 Å². The fraction of sp³-hybridized carbons (Fsp3) is 0.720. The minimum absolute atomic E-state index is 0.131. The lowest BCUT2D eigenvalue weighted by Gasteiger charge is -2.21. The maximum Gasteiger partial charge on any atom is 0.306 e. The molecule has 0 radical (unpaired) electrons. The van der Waals surface area contributed by atoms with Gasteiger partial charge in [0.1, 0.15) is 5.60 Å². The van der Waals surface area contributed by atoms with Gasteiger partial charge in [-0.2, -0.15) is 0 Å². The number of nitro groups is 1. The fourth-order valence-corrected chi connectivity index (χ4v) is 3.14. The molecule has 0 aliphatic rings. The summed E-state index contributed by atoms with van der Waals surface area (Å²) in [4.78, 5) is 22.5. The van der Waals surface area contributed by atoms with Gasteiger partial charge in [-0.25, -0.2) is 0 Å². The van der Waals surface area contributed by atoms with Gasteiger partial charge in [-0.05, 0) is 59.3 Å². The molecule has 1 unspecified atom stereocenters. The quantitative estimate of drug-likeness (QED) is 0.0818. The normalized spacial score (nSPS) is 13.5. The number of carbonyl (C=O) groups excluding carboxylic acids is 1. The third-order valence-electron chi connectivity index (χ3n) is 4.55. The molecule has 0 saturated heterocycles. The summed E-state index contributed by atoms with van der Waals surface area (Å²) in [5.41, 5.74) is -0.549. The van der Waals surface area contributed by atoms with E-state index >= 15 is 0 Å². The molecule has 0 aromatic rings. The van der Waals surface area contributed by atoms with Crippen LogP contribution < -0.4 is 0 Å². The lowest BCUT2D eigenvalue weighted by Crippen LogP contribution is -2.27. The minimum atomic E-state index is -0.549. The molecule has 0 N–H and O–H groups in total. The fourth-order valence-electron chi connectivity index (χ4n) is 3.14. The first-order chi connectivity index (χ1) is 14.2. The molecule has 0 aliphatic heterocycles. The Kier molecular flexibility index (Phi) is 16.8. The molecule has 30 heavy (non-hydrogen) atoms. The Balaban J connectivity index is 3.83. The highest BCUT2D eigenvalue weighted by Gasteiger charge is 2.23. The summed E-state index contributed by atoms with van der Waals surface area (Å²) >= 11 is 0. The van der Waals surface area contributed by atoms with E-state index in [4.69, 9.17) is 4.74 Å². The second-order valence-corrected chi connectivity index (χ2v) is 8.81. The van der Waals surface area contributed by atoms with Crippen LogP contribution in [0, 0.1) is 16.0 Å². The van der Waals surface area contributed by atoms with Crippen molar-refractivity contribution in [1.29, 1.82) is 0 Å². The molecule has 0 spiro atoms. The van der Waals surface area contributed by atoms with Gasteiger partial charge in [0.2, 0.25) is 6.54 Å². The molecule has 5 heteroatoms. The van der Waals surface area contributed by atoms with Crippen LogP contribution in [0.4, 0.5) is 0 Å². The van der Waals surface area contributed by atoms with Crippen molar-refractivity contribution in [3.63, 3.8) is 0 Å². The summed E-state index contributed by atoms with van der Waals surface area (Å²) in [5, 5.41) is 10.9. The number of hydrogen-bond donors (Lipinski definition) is 0. The van der Waals surface area contributed by atoms with E-state index < -0.39 is 5.60 Å². The lowest BCUT2D eigenvalue weighted by atomic mass is 9.97. The largest absolute Gasteiger partial charge is 0.460 e. The first-order valence-electron chi connectivity index (χ1n) is 11.5. The number of rotatable bonds is 17. The number of allylic oxidation sites excluding steroid dienone is 6. The number of hydrogen-bond acceptors (Lipinski definition) is 4.